The van der Waals surface area contributed by atoms with Gasteiger partial charge in [-0.2, -0.15) is 11.8 Å². The zero-order valence-corrected chi connectivity index (χ0v) is 25.8. The quantitative estimate of drug-likeness (QED) is 0.236. The van der Waals surface area contributed by atoms with Gasteiger partial charge in [0.05, 0.1) is 0 Å². The fourth-order valence-corrected chi connectivity index (χ4v) is 4.76. The normalized spacial score (nSPS) is 12.9. The number of unbranched alkanes of at least 4 members (excludes halogenated alkanes) is 4. The van der Waals surface area contributed by atoms with Gasteiger partial charge < -0.3 is 20.3 Å². The molecule has 1 aromatic rings. The number of carbonyl (C=O) groups is 3. The van der Waals surface area contributed by atoms with Crippen molar-refractivity contribution in [1.82, 2.24) is 15.5 Å². The molecule has 38 heavy (non-hydrogen) atoms. The minimum absolute atomic E-state index is 0.185. The van der Waals surface area contributed by atoms with E-state index in [-0.39, 0.29) is 11.8 Å². The average molecular weight is 550 g/mol. The molecule has 0 bridgehead atoms. The molecule has 0 saturated carbocycles. The van der Waals surface area contributed by atoms with Crippen molar-refractivity contribution in [2.75, 3.05) is 25.1 Å². The lowest BCUT2D eigenvalue weighted by molar-refractivity contribution is -0.142. The van der Waals surface area contributed by atoms with Gasteiger partial charge in [0.15, 0.2) is 0 Å². The fourth-order valence-electron chi connectivity index (χ4n) is 4.29. The van der Waals surface area contributed by atoms with Gasteiger partial charge in [0.1, 0.15) is 17.7 Å². The maximum absolute atomic E-state index is 14.2. The lowest BCUT2D eigenvalue weighted by Crippen LogP contribution is -2.53. The van der Waals surface area contributed by atoms with Crippen molar-refractivity contribution >= 4 is 29.7 Å². The second kappa shape index (κ2) is 17.4. The Hall–Kier alpha value is -2.22. The predicted molar refractivity (Wildman–Crippen MR) is 159 cm³/mol. The lowest BCUT2D eigenvalue weighted by atomic mass is 9.96. The molecule has 0 aliphatic carbocycles. The molecule has 0 radical (unpaired) electrons. The van der Waals surface area contributed by atoms with E-state index in [1.807, 2.05) is 38.3 Å². The van der Waals surface area contributed by atoms with Crippen molar-refractivity contribution < 1.29 is 19.1 Å². The number of ether oxygens (including phenoxy) is 1. The molecule has 0 saturated heterocycles. The van der Waals surface area contributed by atoms with Crippen LogP contribution in [0.2, 0.25) is 0 Å². The average Bonchev–Trinajstić information content (AvgIpc) is 2.83. The summed E-state index contributed by atoms with van der Waals surface area (Å²) >= 11 is 1.61. The Morgan fingerprint density at radius 2 is 1.71 bits per heavy atom. The largest absolute Gasteiger partial charge is 0.444 e. The molecular formula is C30H51N3O4S. The molecule has 0 aliphatic heterocycles. The highest BCUT2D eigenvalue weighted by molar-refractivity contribution is 7.98. The molecule has 8 heteroatoms. The van der Waals surface area contributed by atoms with E-state index in [1.165, 1.54) is 0 Å². The summed E-state index contributed by atoms with van der Waals surface area (Å²) in [5, 5.41) is 5.88. The molecule has 2 atom stereocenters. The molecule has 0 aromatic heterocycles. The van der Waals surface area contributed by atoms with Crippen LogP contribution in [0.3, 0.4) is 0 Å². The van der Waals surface area contributed by atoms with Gasteiger partial charge in [0.2, 0.25) is 11.8 Å². The van der Waals surface area contributed by atoms with Gasteiger partial charge in [-0.1, -0.05) is 63.3 Å². The van der Waals surface area contributed by atoms with Gasteiger partial charge in [0.25, 0.3) is 0 Å². The summed E-state index contributed by atoms with van der Waals surface area (Å²) in [6.45, 7) is 14.6. The van der Waals surface area contributed by atoms with Gasteiger partial charge in [-0.05, 0) is 77.0 Å². The topological polar surface area (TPSA) is 87.7 Å². The first kappa shape index (κ1) is 33.8. The Bertz CT molecular complexity index is 885. The van der Waals surface area contributed by atoms with Crippen LogP contribution in [0.4, 0.5) is 4.79 Å². The van der Waals surface area contributed by atoms with Crippen LogP contribution < -0.4 is 10.6 Å². The monoisotopic (exact) mass is 549 g/mol. The molecule has 1 rings (SSSR count). The maximum atomic E-state index is 14.2. The number of thioether (sulfide) groups is 1. The van der Waals surface area contributed by atoms with E-state index in [0.29, 0.717) is 25.3 Å². The zero-order valence-electron chi connectivity index (χ0n) is 24.9. The molecule has 2 unspecified atom stereocenters. The number of nitrogens with zero attached hydrogens (tertiary/aromatic N) is 1. The number of hydrogen-bond acceptors (Lipinski definition) is 5. The van der Waals surface area contributed by atoms with Crippen LogP contribution in [-0.4, -0.2) is 59.5 Å². The van der Waals surface area contributed by atoms with Gasteiger partial charge in [-0.3, -0.25) is 9.59 Å². The molecule has 0 spiro atoms. The van der Waals surface area contributed by atoms with E-state index in [4.69, 9.17) is 4.74 Å². The van der Waals surface area contributed by atoms with Gasteiger partial charge in [0, 0.05) is 13.1 Å². The predicted octanol–water partition coefficient (Wildman–Crippen LogP) is 6.32. The van der Waals surface area contributed by atoms with Crippen molar-refractivity contribution in [3.05, 3.63) is 34.9 Å². The highest BCUT2D eigenvalue weighted by Gasteiger charge is 2.36. The molecule has 2 N–H and O–H groups in total. The molecular weight excluding hydrogens is 498 g/mol. The lowest BCUT2D eigenvalue weighted by Gasteiger charge is -2.35. The molecule has 216 valence electrons. The van der Waals surface area contributed by atoms with Crippen LogP contribution in [0.25, 0.3) is 0 Å². The minimum Gasteiger partial charge on any atom is -0.444 e. The summed E-state index contributed by atoms with van der Waals surface area (Å²) < 4.78 is 5.47. The standard InChI is InChI=1S/C30H51N3O4S/c1-9-11-13-14-19-33(28(35)25(17-20-38-8)32-29(36)37-30(5,6)7)26(27(34)31-18-12-10-2)24-16-15-22(3)21-23(24)4/h15-16,21,25-26H,9-14,17-20H2,1-8H3,(H,31,34)(H,32,36). The van der Waals surface area contributed by atoms with E-state index < -0.39 is 23.8 Å². The first-order chi connectivity index (χ1) is 17.9. The van der Waals surface area contributed by atoms with E-state index in [9.17, 15) is 14.4 Å². The van der Waals surface area contributed by atoms with Gasteiger partial charge in [-0.25, -0.2) is 4.79 Å². The first-order valence-corrected chi connectivity index (χ1v) is 15.5. The van der Waals surface area contributed by atoms with Gasteiger partial charge >= 0.3 is 6.09 Å². The van der Waals surface area contributed by atoms with Crippen molar-refractivity contribution in [3.8, 4) is 0 Å². The van der Waals surface area contributed by atoms with Crippen LogP contribution >= 0.6 is 11.8 Å². The number of aryl methyl sites for hydroxylation is 2. The summed E-state index contributed by atoms with van der Waals surface area (Å²) in [5.41, 5.74) is 2.20. The minimum atomic E-state index is -0.792. The molecule has 0 aliphatic rings. The maximum Gasteiger partial charge on any atom is 0.408 e. The number of nitrogens with one attached hydrogen (secondary N) is 2. The first-order valence-electron chi connectivity index (χ1n) is 14.1. The molecule has 7 nitrogen and oxygen atoms in total. The van der Waals surface area contributed by atoms with E-state index in [0.717, 1.165) is 55.2 Å². The molecule has 0 fully saturated rings. The summed E-state index contributed by atoms with van der Waals surface area (Å²) in [7, 11) is 0. The smallest absolute Gasteiger partial charge is 0.408 e. The number of amides is 3. The van der Waals surface area contributed by atoms with E-state index >= 15 is 0 Å². The van der Waals surface area contributed by atoms with Crippen molar-refractivity contribution in [2.24, 2.45) is 0 Å². The third-order valence-electron chi connectivity index (χ3n) is 6.24. The third-order valence-corrected chi connectivity index (χ3v) is 6.89. The Morgan fingerprint density at radius 3 is 2.29 bits per heavy atom. The summed E-state index contributed by atoms with van der Waals surface area (Å²) in [5.74, 6) is 0.249. The van der Waals surface area contributed by atoms with E-state index in [2.05, 4.69) is 24.5 Å². The number of alkyl carbamates (subject to hydrolysis) is 1. The Labute approximate surface area is 235 Å². The molecule has 1 aromatic carbocycles. The Balaban J connectivity index is 3.48. The highest BCUT2D eigenvalue weighted by Crippen LogP contribution is 2.27. The summed E-state index contributed by atoms with van der Waals surface area (Å²) in [4.78, 5) is 42.3. The van der Waals surface area contributed by atoms with Crippen molar-refractivity contribution in [2.45, 2.75) is 111 Å². The number of benzene rings is 1. The summed E-state index contributed by atoms with van der Waals surface area (Å²) in [6, 6.07) is 4.42. The number of rotatable bonds is 16. The van der Waals surface area contributed by atoms with Crippen molar-refractivity contribution in [3.63, 3.8) is 0 Å². The third kappa shape index (κ3) is 12.1. The fraction of sp³-hybridized carbons (Fsp3) is 0.700. The van der Waals surface area contributed by atoms with Crippen LogP contribution in [-0.2, 0) is 14.3 Å². The van der Waals surface area contributed by atoms with Crippen LogP contribution in [0, 0.1) is 13.8 Å². The Morgan fingerprint density at radius 1 is 1.03 bits per heavy atom. The summed E-state index contributed by atoms with van der Waals surface area (Å²) in [6.07, 6.45) is 7.50. The van der Waals surface area contributed by atoms with Crippen LogP contribution in [0.5, 0.6) is 0 Å². The van der Waals surface area contributed by atoms with Gasteiger partial charge in [-0.15, -0.1) is 0 Å². The highest BCUT2D eigenvalue weighted by atomic mass is 32.2. The number of hydrogen-bond donors (Lipinski definition) is 2. The zero-order chi connectivity index (χ0) is 28.7. The van der Waals surface area contributed by atoms with Crippen LogP contribution in [0.1, 0.15) is 102 Å². The van der Waals surface area contributed by atoms with Crippen molar-refractivity contribution in [1.29, 1.82) is 0 Å². The second-order valence-electron chi connectivity index (χ2n) is 11.0. The molecule has 3 amide bonds. The number of carbonyl (C=O) groups excluding carboxylic acids is 3. The molecule has 0 heterocycles. The SMILES string of the molecule is CCCCCCN(C(=O)C(CCSC)NC(=O)OC(C)(C)C)C(C(=O)NCCCC)c1ccc(C)cc1C. The second-order valence-corrected chi connectivity index (χ2v) is 12.0. The van der Waals surface area contributed by atoms with E-state index in [1.54, 1.807) is 37.4 Å². The Kier molecular flexibility index (Phi) is 15.5. The van der Waals surface area contributed by atoms with Crippen LogP contribution in [0.15, 0.2) is 18.2 Å².